The molecule has 0 aliphatic heterocycles. The van der Waals surface area contributed by atoms with Gasteiger partial charge in [-0.2, -0.15) is 5.10 Å². The lowest BCUT2D eigenvalue weighted by Gasteiger charge is -2.31. The molecule has 0 unspecified atom stereocenters. The summed E-state index contributed by atoms with van der Waals surface area (Å²) in [6.07, 6.45) is 6.45. The average molecular weight is 313 g/mol. The third kappa shape index (κ3) is 3.49. The second-order valence-corrected chi connectivity index (χ2v) is 6.29. The number of rotatable bonds is 5. The molecule has 0 saturated heterocycles. The van der Waals surface area contributed by atoms with Crippen LogP contribution in [0.25, 0.3) is 0 Å². The number of halogens is 1. The Balaban J connectivity index is 2.22. The van der Waals surface area contributed by atoms with Gasteiger partial charge in [-0.15, -0.1) is 0 Å². The number of carbonyl (C=O) groups is 1. The van der Waals surface area contributed by atoms with Crippen LogP contribution in [0.4, 0.5) is 0 Å². The zero-order valence-electron chi connectivity index (χ0n) is 13.2. The number of aryl methyl sites for hydroxylation is 2. The predicted octanol–water partition coefficient (Wildman–Crippen LogP) is 3.62. The van der Waals surface area contributed by atoms with E-state index in [4.69, 9.17) is 16.3 Å². The Morgan fingerprint density at radius 3 is 2.43 bits per heavy atom. The summed E-state index contributed by atoms with van der Waals surface area (Å²) in [5, 5.41) is 4.89. The van der Waals surface area contributed by atoms with Crippen LogP contribution in [0, 0.1) is 6.92 Å². The van der Waals surface area contributed by atoms with Crippen molar-refractivity contribution in [1.82, 2.24) is 9.78 Å². The van der Waals surface area contributed by atoms with Gasteiger partial charge in [0.1, 0.15) is 5.60 Å². The minimum Gasteiger partial charge on any atom is -0.367 e. The number of hydrogen-bond acceptors (Lipinski definition) is 3. The quantitative estimate of drug-likeness (QED) is 0.780. The summed E-state index contributed by atoms with van der Waals surface area (Å²) < 4.78 is 7.66. The molecule has 118 valence electrons. The fourth-order valence-electron chi connectivity index (χ4n) is 3.26. The summed E-state index contributed by atoms with van der Waals surface area (Å²) in [6, 6.07) is 0. The van der Waals surface area contributed by atoms with Crippen LogP contribution in [-0.2, 0) is 23.0 Å². The van der Waals surface area contributed by atoms with Crippen molar-refractivity contribution in [3.05, 3.63) is 16.4 Å². The molecule has 4 nitrogen and oxygen atoms in total. The number of aromatic nitrogens is 2. The summed E-state index contributed by atoms with van der Waals surface area (Å²) >= 11 is 6.28. The van der Waals surface area contributed by atoms with Gasteiger partial charge in [0.2, 0.25) is 0 Å². The molecule has 1 aliphatic carbocycles. The predicted molar refractivity (Wildman–Crippen MR) is 83.7 cm³/mol. The van der Waals surface area contributed by atoms with E-state index in [0.717, 1.165) is 37.1 Å². The Morgan fingerprint density at radius 2 is 1.95 bits per heavy atom. The average Bonchev–Trinajstić information content (AvgIpc) is 2.65. The van der Waals surface area contributed by atoms with E-state index in [9.17, 15) is 4.79 Å². The highest BCUT2D eigenvalue weighted by molar-refractivity contribution is 6.32. The molecule has 0 spiro atoms. The zero-order chi connectivity index (χ0) is 15.5. The van der Waals surface area contributed by atoms with Crippen molar-refractivity contribution < 1.29 is 9.53 Å². The van der Waals surface area contributed by atoms with Crippen LogP contribution in [0.1, 0.15) is 56.8 Å². The first-order valence-electron chi connectivity index (χ1n) is 7.85. The molecule has 0 aromatic carbocycles. The van der Waals surface area contributed by atoms with Crippen LogP contribution in [0.15, 0.2) is 0 Å². The van der Waals surface area contributed by atoms with Gasteiger partial charge in [-0.3, -0.25) is 9.48 Å². The van der Waals surface area contributed by atoms with Crippen molar-refractivity contribution in [3.8, 4) is 0 Å². The lowest BCUT2D eigenvalue weighted by molar-refractivity contribution is -0.145. The number of carbonyl (C=O) groups excluding carboxylic acids is 1. The van der Waals surface area contributed by atoms with E-state index in [0.29, 0.717) is 18.1 Å². The molecule has 1 aromatic heterocycles. The topological polar surface area (TPSA) is 44.1 Å². The maximum absolute atomic E-state index is 12.9. The van der Waals surface area contributed by atoms with Gasteiger partial charge in [0.15, 0.2) is 5.78 Å². The highest BCUT2D eigenvalue weighted by atomic mass is 35.5. The third-order valence-corrected chi connectivity index (χ3v) is 4.92. The number of ketones is 1. The van der Waals surface area contributed by atoms with Crippen molar-refractivity contribution in [2.24, 2.45) is 7.05 Å². The normalized spacial score (nSPS) is 18.5. The van der Waals surface area contributed by atoms with Crippen LogP contribution in [-0.4, -0.2) is 27.8 Å². The molecule has 0 atom stereocenters. The van der Waals surface area contributed by atoms with Gasteiger partial charge < -0.3 is 4.74 Å². The Labute approximate surface area is 131 Å². The number of nitrogens with zero attached hydrogens (tertiary/aromatic N) is 2. The van der Waals surface area contributed by atoms with Gasteiger partial charge in [-0.25, -0.2) is 0 Å². The Kier molecular flexibility index (Phi) is 5.44. The Bertz CT molecular complexity index is 503. The second-order valence-electron chi connectivity index (χ2n) is 5.91. The molecule has 1 aromatic rings. The summed E-state index contributed by atoms with van der Waals surface area (Å²) in [4.78, 5) is 12.9. The fraction of sp³-hybridized carbons (Fsp3) is 0.750. The molecule has 0 N–H and O–H groups in total. The van der Waals surface area contributed by atoms with Crippen LogP contribution >= 0.6 is 11.6 Å². The molecule has 0 bridgehead atoms. The molecule has 1 saturated carbocycles. The largest absolute Gasteiger partial charge is 0.367 e. The zero-order valence-corrected chi connectivity index (χ0v) is 14.0. The lowest BCUT2D eigenvalue weighted by Crippen LogP contribution is -2.42. The van der Waals surface area contributed by atoms with E-state index in [2.05, 4.69) is 5.10 Å². The molecule has 1 fully saturated rings. The van der Waals surface area contributed by atoms with Gasteiger partial charge in [0.05, 0.1) is 22.8 Å². The smallest absolute Gasteiger partial charge is 0.170 e. The summed E-state index contributed by atoms with van der Waals surface area (Å²) in [5.74, 6) is 0.149. The van der Waals surface area contributed by atoms with E-state index in [1.165, 1.54) is 12.8 Å². The van der Waals surface area contributed by atoms with Crippen molar-refractivity contribution >= 4 is 17.4 Å². The van der Waals surface area contributed by atoms with Crippen LogP contribution in [0.3, 0.4) is 0 Å². The first-order valence-corrected chi connectivity index (χ1v) is 8.23. The molecule has 2 rings (SSSR count). The maximum atomic E-state index is 12.9. The molecule has 21 heavy (non-hydrogen) atoms. The number of ether oxygens (including phenoxy) is 1. The molecule has 1 aliphatic rings. The van der Waals surface area contributed by atoms with E-state index in [-0.39, 0.29) is 5.78 Å². The third-order valence-electron chi connectivity index (χ3n) is 4.43. The summed E-state index contributed by atoms with van der Waals surface area (Å²) in [6.45, 7) is 4.39. The lowest BCUT2D eigenvalue weighted by atomic mass is 9.87. The molecule has 5 heteroatoms. The van der Waals surface area contributed by atoms with Gasteiger partial charge in [-0.05, 0) is 26.7 Å². The van der Waals surface area contributed by atoms with Crippen LogP contribution in [0.5, 0.6) is 0 Å². The molecule has 0 radical (unpaired) electrons. The molecular formula is C16H25ClN2O2. The van der Waals surface area contributed by atoms with Gasteiger partial charge in [0, 0.05) is 13.7 Å². The van der Waals surface area contributed by atoms with Gasteiger partial charge in [-0.1, -0.05) is 37.3 Å². The highest BCUT2D eigenvalue weighted by Gasteiger charge is 2.39. The fourth-order valence-corrected chi connectivity index (χ4v) is 3.49. The minimum absolute atomic E-state index is 0.149. The Morgan fingerprint density at radius 1 is 1.33 bits per heavy atom. The van der Waals surface area contributed by atoms with Gasteiger partial charge >= 0.3 is 0 Å². The summed E-state index contributed by atoms with van der Waals surface area (Å²) in [7, 11) is 1.84. The van der Waals surface area contributed by atoms with Crippen molar-refractivity contribution in [2.45, 2.75) is 64.4 Å². The standard InChI is InChI=1S/C16H25ClN2O2/c1-4-21-16(9-7-5-6-8-10-16)14(20)11-13-15(17)12(2)18-19(13)3/h4-11H2,1-3H3. The van der Waals surface area contributed by atoms with Crippen molar-refractivity contribution in [1.29, 1.82) is 0 Å². The van der Waals surface area contributed by atoms with E-state index in [1.807, 2.05) is 20.9 Å². The highest BCUT2D eigenvalue weighted by Crippen LogP contribution is 2.33. The first kappa shape index (κ1) is 16.5. The van der Waals surface area contributed by atoms with Crippen LogP contribution in [0.2, 0.25) is 5.02 Å². The van der Waals surface area contributed by atoms with Crippen molar-refractivity contribution in [3.63, 3.8) is 0 Å². The second kappa shape index (κ2) is 6.93. The van der Waals surface area contributed by atoms with E-state index < -0.39 is 5.60 Å². The number of hydrogen-bond donors (Lipinski definition) is 0. The maximum Gasteiger partial charge on any atom is 0.170 e. The first-order chi connectivity index (χ1) is 10.00. The van der Waals surface area contributed by atoms with Crippen molar-refractivity contribution in [2.75, 3.05) is 6.61 Å². The molecule has 1 heterocycles. The number of Topliss-reactive ketones (excluding diaryl/α,β-unsaturated/α-hetero) is 1. The summed E-state index contributed by atoms with van der Waals surface area (Å²) in [5.41, 5.74) is 0.947. The monoisotopic (exact) mass is 312 g/mol. The van der Waals surface area contributed by atoms with Gasteiger partial charge in [0.25, 0.3) is 0 Å². The Hall–Kier alpha value is -0.870. The van der Waals surface area contributed by atoms with E-state index >= 15 is 0 Å². The molecular weight excluding hydrogens is 288 g/mol. The minimum atomic E-state index is -0.618. The SMILES string of the molecule is CCOC1(C(=O)Cc2c(Cl)c(C)nn2C)CCCCCC1. The van der Waals surface area contributed by atoms with Crippen LogP contribution < -0.4 is 0 Å². The molecule has 0 amide bonds. The van der Waals surface area contributed by atoms with E-state index in [1.54, 1.807) is 4.68 Å².